The van der Waals surface area contributed by atoms with Gasteiger partial charge in [0.2, 0.25) is 5.95 Å². The number of amides is 1. The molecule has 35 heavy (non-hydrogen) atoms. The molecule has 3 heterocycles. The minimum Gasteiger partial charge on any atom is -0.444 e. The van der Waals surface area contributed by atoms with E-state index >= 15 is 0 Å². The summed E-state index contributed by atoms with van der Waals surface area (Å²) in [5.41, 5.74) is 0.201. The summed E-state index contributed by atoms with van der Waals surface area (Å²) < 4.78 is 7.37. The van der Waals surface area contributed by atoms with Crippen LogP contribution in [0.15, 0.2) is 34.2 Å². The van der Waals surface area contributed by atoms with Crippen LogP contribution in [0.3, 0.4) is 0 Å². The summed E-state index contributed by atoms with van der Waals surface area (Å²) in [6, 6.07) is 5.55. The maximum Gasteiger partial charge on any atom is 0.407 e. The van der Waals surface area contributed by atoms with Crippen molar-refractivity contribution in [2.24, 2.45) is 5.41 Å². The zero-order chi connectivity index (χ0) is 25.4. The van der Waals surface area contributed by atoms with Crippen LogP contribution in [0.5, 0.6) is 0 Å². The number of aromatic nitrogens is 4. The molecule has 1 aromatic carbocycles. The number of nitrogens with one attached hydrogen (secondary N) is 1. The van der Waals surface area contributed by atoms with Crippen molar-refractivity contribution in [2.75, 3.05) is 24.5 Å². The molecule has 0 spiro atoms. The molecule has 0 saturated carbocycles. The smallest absolute Gasteiger partial charge is 0.407 e. The van der Waals surface area contributed by atoms with Crippen molar-refractivity contribution >= 4 is 52.7 Å². The second-order valence-corrected chi connectivity index (χ2v) is 12.0. The Balaban J connectivity index is 1.49. The Hall–Kier alpha value is -2.23. The highest BCUT2D eigenvalue weighted by Crippen LogP contribution is 2.39. The topological polar surface area (TPSA) is 84.7 Å². The van der Waals surface area contributed by atoms with Gasteiger partial charge in [-0.25, -0.2) is 14.2 Å². The van der Waals surface area contributed by atoms with E-state index in [9.17, 15) is 4.79 Å². The van der Waals surface area contributed by atoms with Crippen LogP contribution < -0.4 is 10.2 Å². The molecular formula is C24H30Cl2N6O2S. The highest BCUT2D eigenvalue weighted by atomic mass is 35.5. The van der Waals surface area contributed by atoms with Crippen molar-refractivity contribution in [1.29, 1.82) is 0 Å². The van der Waals surface area contributed by atoms with E-state index in [-0.39, 0.29) is 11.5 Å². The fourth-order valence-corrected chi connectivity index (χ4v) is 5.38. The van der Waals surface area contributed by atoms with Gasteiger partial charge in [0.1, 0.15) is 11.4 Å². The van der Waals surface area contributed by atoms with Crippen LogP contribution in [0.4, 0.5) is 10.7 Å². The quantitative estimate of drug-likeness (QED) is 0.426. The molecule has 0 unspecified atom stereocenters. The molecule has 3 aromatic rings. The second-order valence-electron chi connectivity index (χ2n) is 10.1. The Morgan fingerprint density at radius 1 is 1.20 bits per heavy atom. The van der Waals surface area contributed by atoms with Gasteiger partial charge >= 0.3 is 6.09 Å². The third kappa shape index (κ3) is 5.95. The third-order valence-corrected chi connectivity index (χ3v) is 7.99. The van der Waals surface area contributed by atoms with Crippen LogP contribution in [0.25, 0.3) is 5.65 Å². The number of hydrogen-bond donors (Lipinski definition) is 1. The Morgan fingerprint density at radius 3 is 2.60 bits per heavy atom. The second kappa shape index (κ2) is 10.0. The number of fused-ring (bicyclic) bond motifs is 1. The molecular weight excluding hydrogens is 507 g/mol. The van der Waals surface area contributed by atoms with Crippen LogP contribution >= 0.6 is 35.0 Å². The standard InChI is InChI=1S/C24H30Cl2N6O2S/c1-15-29-30-20-18(35-17-8-6-7-16(25)19(17)26)13-27-21(32(15)20)31-11-9-24(5,10-12-31)14-28-22(33)34-23(2,3)4/h6-8,13H,9-12,14H2,1-5H3,(H,28,33). The predicted molar refractivity (Wildman–Crippen MR) is 140 cm³/mol. The van der Waals surface area contributed by atoms with E-state index in [2.05, 4.69) is 27.3 Å². The molecule has 2 aromatic heterocycles. The number of ether oxygens (including phenoxy) is 1. The van der Waals surface area contributed by atoms with E-state index in [0.717, 1.165) is 53.1 Å². The van der Waals surface area contributed by atoms with E-state index in [1.807, 2.05) is 50.4 Å². The van der Waals surface area contributed by atoms with Gasteiger partial charge in [0.25, 0.3) is 0 Å². The lowest BCUT2D eigenvalue weighted by atomic mass is 9.80. The van der Waals surface area contributed by atoms with Crippen molar-refractivity contribution < 1.29 is 9.53 Å². The lowest BCUT2D eigenvalue weighted by Gasteiger charge is -2.40. The summed E-state index contributed by atoms with van der Waals surface area (Å²) in [5, 5.41) is 12.7. The van der Waals surface area contributed by atoms with E-state index in [0.29, 0.717) is 16.6 Å². The summed E-state index contributed by atoms with van der Waals surface area (Å²) in [5.74, 6) is 1.58. The number of nitrogens with zero attached hydrogens (tertiary/aromatic N) is 5. The van der Waals surface area contributed by atoms with Gasteiger partial charge in [-0.05, 0) is 58.1 Å². The molecule has 11 heteroatoms. The lowest BCUT2D eigenvalue weighted by Crippen LogP contribution is -2.46. The fourth-order valence-electron chi connectivity index (χ4n) is 3.99. The van der Waals surface area contributed by atoms with Gasteiger partial charge in [0.05, 0.1) is 14.9 Å². The summed E-state index contributed by atoms with van der Waals surface area (Å²) >= 11 is 14.1. The first-order valence-corrected chi connectivity index (χ1v) is 13.1. The van der Waals surface area contributed by atoms with Gasteiger partial charge in [0.15, 0.2) is 5.65 Å². The van der Waals surface area contributed by atoms with E-state index in [1.54, 1.807) is 6.07 Å². The molecule has 1 aliphatic rings. The molecule has 0 aliphatic carbocycles. The number of anilines is 1. The Kier molecular flexibility index (Phi) is 7.41. The van der Waals surface area contributed by atoms with Crippen molar-refractivity contribution in [3.8, 4) is 0 Å². The van der Waals surface area contributed by atoms with E-state index in [1.165, 1.54) is 11.8 Å². The molecule has 1 saturated heterocycles. The Labute approximate surface area is 219 Å². The number of carbonyl (C=O) groups is 1. The molecule has 1 amide bonds. The fraction of sp³-hybridized carbons (Fsp3) is 0.500. The number of halogens is 2. The van der Waals surface area contributed by atoms with E-state index in [4.69, 9.17) is 32.9 Å². The summed E-state index contributed by atoms with van der Waals surface area (Å²) in [7, 11) is 0. The summed E-state index contributed by atoms with van der Waals surface area (Å²) in [4.78, 5) is 20.8. The Morgan fingerprint density at radius 2 is 1.91 bits per heavy atom. The largest absolute Gasteiger partial charge is 0.444 e. The van der Waals surface area contributed by atoms with Crippen molar-refractivity contribution in [3.05, 3.63) is 40.3 Å². The number of alkyl carbamates (subject to hydrolysis) is 1. The average molecular weight is 538 g/mol. The minimum atomic E-state index is -0.509. The molecule has 1 aliphatic heterocycles. The van der Waals surface area contributed by atoms with Crippen LogP contribution in [0.2, 0.25) is 10.0 Å². The number of piperidine rings is 1. The monoisotopic (exact) mass is 536 g/mol. The van der Waals surface area contributed by atoms with Crippen LogP contribution in [0.1, 0.15) is 46.4 Å². The van der Waals surface area contributed by atoms with Gasteiger partial charge in [-0.2, -0.15) is 0 Å². The highest BCUT2D eigenvalue weighted by molar-refractivity contribution is 7.99. The first-order valence-electron chi connectivity index (χ1n) is 11.5. The number of hydrogen-bond acceptors (Lipinski definition) is 7. The van der Waals surface area contributed by atoms with Crippen LogP contribution in [-0.2, 0) is 4.74 Å². The van der Waals surface area contributed by atoms with Crippen LogP contribution in [-0.4, -0.2) is 50.9 Å². The first kappa shape index (κ1) is 25.9. The number of benzene rings is 1. The maximum absolute atomic E-state index is 12.1. The number of carbonyl (C=O) groups excluding carboxylic acids is 1. The molecule has 4 rings (SSSR count). The van der Waals surface area contributed by atoms with E-state index < -0.39 is 5.60 Å². The van der Waals surface area contributed by atoms with Gasteiger partial charge in [0, 0.05) is 30.7 Å². The third-order valence-electron chi connectivity index (χ3n) is 5.99. The zero-order valence-electron chi connectivity index (χ0n) is 20.6. The molecule has 1 N–H and O–H groups in total. The van der Waals surface area contributed by atoms with Gasteiger partial charge in [-0.1, -0.05) is 48.0 Å². The predicted octanol–water partition coefficient (Wildman–Crippen LogP) is 6.02. The molecule has 188 valence electrons. The number of rotatable bonds is 5. The molecule has 1 fully saturated rings. The molecule has 8 nitrogen and oxygen atoms in total. The maximum atomic E-state index is 12.1. The summed E-state index contributed by atoms with van der Waals surface area (Å²) in [6.07, 6.45) is 3.25. The highest BCUT2D eigenvalue weighted by Gasteiger charge is 2.33. The molecule has 0 atom stereocenters. The molecule has 0 bridgehead atoms. The van der Waals surface area contributed by atoms with Crippen molar-refractivity contribution in [2.45, 2.75) is 62.9 Å². The normalized spacial score (nSPS) is 15.9. The summed E-state index contributed by atoms with van der Waals surface area (Å²) in [6.45, 7) is 11.9. The Bertz CT molecular complexity index is 1230. The number of aryl methyl sites for hydroxylation is 1. The van der Waals surface area contributed by atoms with Crippen molar-refractivity contribution in [1.82, 2.24) is 24.9 Å². The zero-order valence-corrected chi connectivity index (χ0v) is 22.9. The molecule has 0 radical (unpaired) electrons. The van der Waals surface area contributed by atoms with Crippen molar-refractivity contribution in [3.63, 3.8) is 0 Å². The van der Waals surface area contributed by atoms with Gasteiger partial charge < -0.3 is 15.0 Å². The SMILES string of the molecule is Cc1nnc2c(Sc3cccc(Cl)c3Cl)cnc(N3CCC(C)(CNC(=O)OC(C)(C)C)CC3)n12. The lowest BCUT2D eigenvalue weighted by molar-refractivity contribution is 0.0495. The van der Waals surface area contributed by atoms with Gasteiger partial charge in [-0.3, -0.25) is 0 Å². The average Bonchev–Trinajstić information content (AvgIpc) is 3.18. The van der Waals surface area contributed by atoms with Crippen LogP contribution in [0, 0.1) is 12.3 Å². The minimum absolute atomic E-state index is 0.0200. The first-order chi connectivity index (χ1) is 16.5. The van der Waals surface area contributed by atoms with Gasteiger partial charge in [-0.15, -0.1) is 10.2 Å².